The van der Waals surface area contributed by atoms with E-state index in [1.54, 1.807) is 0 Å². The summed E-state index contributed by atoms with van der Waals surface area (Å²) in [5.41, 5.74) is 4.58. The second kappa shape index (κ2) is 5.30. The van der Waals surface area contributed by atoms with Gasteiger partial charge in [0.25, 0.3) is 0 Å². The second-order valence-electron chi connectivity index (χ2n) is 1.33. The van der Waals surface area contributed by atoms with Crippen LogP contribution in [0.5, 0.6) is 0 Å². The molecule has 4 nitrogen and oxygen atoms in total. The van der Waals surface area contributed by atoms with Gasteiger partial charge in [0.05, 0.1) is 13.2 Å². The molecule has 0 aromatic heterocycles. The summed E-state index contributed by atoms with van der Waals surface area (Å²) in [5, 5.41) is 0. The molecule has 0 radical (unpaired) electrons. The first-order valence-corrected chi connectivity index (χ1v) is 2.43. The van der Waals surface area contributed by atoms with E-state index in [0.29, 0.717) is 6.42 Å². The molecule has 2 N–H and O–H groups in total. The molecule has 0 heterocycles. The number of halogens is 1. The Hall–Kier alpha value is -0.840. The van der Waals surface area contributed by atoms with E-state index in [1.165, 1.54) is 0 Å². The van der Waals surface area contributed by atoms with Crippen LogP contribution in [-0.2, 0) is 9.68 Å². The summed E-state index contributed by atoms with van der Waals surface area (Å²) < 4.78 is 15.1. The lowest BCUT2D eigenvalue weighted by molar-refractivity contribution is -0.134. The standard InChI is InChI=1S/C4H8FNO3/c5-9-3-1-2-8-4(6)7/h1-3H2,(H2,6,7). The summed E-state index contributed by atoms with van der Waals surface area (Å²) in [6.45, 7) is 0.0204. The Morgan fingerprint density at radius 3 is 2.67 bits per heavy atom. The number of hydrogen-bond donors (Lipinski definition) is 1. The van der Waals surface area contributed by atoms with Gasteiger partial charge in [-0.1, -0.05) is 0 Å². The van der Waals surface area contributed by atoms with Gasteiger partial charge in [0.15, 0.2) is 0 Å². The van der Waals surface area contributed by atoms with E-state index >= 15 is 0 Å². The minimum absolute atomic E-state index is 0.0761. The third-order valence-corrected chi connectivity index (χ3v) is 0.610. The van der Waals surface area contributed by atoms with Crippen molar-refractivity contribution in [2.45, 2.75) is 6.42 Å². The molecule has 0 spiro atoms. The highest BCUT2D eigenvalue weighted by Crippen LogP contribution is 1.83. The molecule has 0 atom stereocenters. The summed E-state index contributed by atoms with van der Waals surface area (Å²) >= 11 is 0. The zero-order valence-electron chi connectivity index (χ0n) is 4.80. The largest absolute Gasteiger partial charge is 0.450 e. The molecule has 0 aliphatic heterocycles. The molecule has 0 aliphatic rings. The van der Waals surface area contributed by atoms with E-state index in [2.05, 4.69) is 15.4 Å². The number of primary amides is 1. The molecule has 0 aromatic carbocycles. The maximum absolute atomic E-state index is 10.8. The molecule has 0 fully saturated rings. The fourth-order valence-electron chi connectivity index (χ4n) is 0.286. The lowest BCUT2D eigenvalue weighted by Gasteiger charge is -1.96. The summed E-state index contributed by atoms with van der Waals surface area (Å²) in [5.74, 6) is 0. The van der Waals surface area contributed by atoms with Gasteiger partial charge in [0.2, 0.25) is 0 Å². The van der Waals surface area contributed by atoms with Crippen LogP contribution >= 0.6 is 0 Å². The number of ether oxygens (including phenoxy) is 1. The lowest BCUT2D eigenvalue weighted by Crippen LogP contribution is -2.14. The van der Waals surface area contributed by atoms with Crippen LogP contribution < -0.4 is 5.73 Å². The van der Waals surface area contributed by atoms with Gasteiger partial charge in [0, 0.05) is 6.42 Å². The fraction of sp³-hybridized carbons (Fsp3) is 0.750. The van der Waals surface area contributed by atoms with Crippen LogP contribution in [0.3, 0.4) is 0 Å². The monoisotopic (exact) mass is 137 g/mol. The van der Waals surface area contributed by atoms with Gasteiger partial charge in [-0.2, -0.15) is 4.94 Å². The number of hydrogen-bond acceptors (Lipinski definition) is 3. The number of carbonyl (C=O) groups excluding carboxylic acids is 1. The van der Waals surface area contributed by atoms with E-state index in [4.69, 9.17) is 0 Å². The third-order valence-electron chi connectivity index (χ3n) is 0.610. The van der Waals surface area contributed by atoms with Gasteiger partial charge >= 0.3 is 6.09 Å². The van der Waals surface area contributed by atoms with E-state index < -0.39 is 6.09 Å². The Morgan fingerprint density at radius 1 is 1.56 bits per heavy atom. The average Bonchev–Trinajstić information content (AvgIpc) is 1.80. The van der Waals surface area contributed by atoms with Crippen molar-refractivity contribution in [3.05, 3.63) is 0 Å². The lowest BCUT2D eigenvalue weighted by atomic mass is 10.5. The SMILES string of the molecule is NC(=O)OCCCOF. The first-order chi connectivity index (χ1) is 4.27. The van der Waals surface area contributed by atoms with Gasteiger partial charge in [-0.3, -0.25) is 0 Å². The zero-order chi connectivity index (χ0) is 7.11. The third kappa shape index (κ3) is 7.16. The molecule has 0 saturated carbocycles. The van der Waals surface area contributed by atoms with Crippen LogP contribution in [-0.4, -0.2) is 19.3 Å². The zero-order valence-corrected chi connectivity index (χ0v) is 4.80. The molecule has 0 aliphatic carbocycles. The molecule has 0 aromatic rings. The van der Waals surface area contributed by atoms with Gasteiger partial charge in [-0.05, 0) is 4.53 Å². The molecule has 54 valence electrons. The Kier molecular flexibility index (Phi) is 4.81. The minimum Gasteiger partial charge on any atom is -0.450 e. The summed E-state index contributed by atoms with van der Waals surface area (Å²) in [6, 6.07) is 0. The van der Waals surface area contributed by atoms with Crippen molar-refractivity contribution in [3.63, 3.8) is 0 Å². The van der Waals surface area contributed by atoms with E-state index in [0.717, 1.165) is 0 Å². The normalized spacial score (nSPS) is 9.00. The maximum atomic E-state index is 10.8. The second-order valence-corrected chi connectivity index (χ2v) is 1.33. The van der Waals surface area contributed by atoms with Crippen LogP contribution in [0.15, 0.2) is 0 Å². The number of amides is 1. The smallest absolute Gasteiger partial charge is 0.404 e. The van der Waals surface area contributed by atoms with Crippen molar-refractivity contribution in [3.8, 4) is 0 Å². The first-order valence-electron chi connectivity index (χ1n) is 2.43. The number of nitrogens with two attached hydrogens (primary N) is 1. The van der Waals surface area contributed by atoms with Crippen molar-refractivity contribution in [1.29, 1.82) is 0 Å². The highest BCUT2D eigenvalue weighted by Gasteiger charge is 1.91. The molecule has 9 heavy (non-hydrogen) atoms. The van der Waals surface area contributed by atoms with Gasteiger partial charge in [-0.25, -0.2) is 4.79 Å². The van der Waals surface area contributed by atoms with Crippen LogP contribution in [0, 0.1) is 0 Å². The van der Waals surface area contributed by atoms with Gasteiger partial charge in [0.1, 0.15) is 0 Å². The molecule has 0 rings (SSSR count). The van der Waals surface area contributed by atoms with Crippen LogP contribution in [0.25, 0.3) is 0 Å². The Labute approximate surface area is 51.6 Å². The Morgan fingerprint density at radius 2 is 2.22 bits per heavy atom. The molecular formula is C4H8FNO3. The summed E-state index contributed by atoms with van der Waals surface area (Å²) in [7, 11) is 0. The molecule has 0 bridgehead atoms. The van der Waals surface area contributed by atoms with E-state index in [-0.39, 0.29) is 13.2 Å². The van der Waals surface area contributed by atoms with Crippen LogP contribution in [0.1, 0.15) is 6.42 Å². The first kappa shape index (κ1) is 8.16. The molecule has 1 amide bonds. The maximum Gasteiger partial charge on any atom is 0.404 e. The molecular weight excluding hydrogens is 129 g/mol. The van der Waals surface area contributed by atoms with Gasteiger partial charge < -0.3 is 10.5 Å². The van der Waals surface area contributed by atoms with Crippen molar-refractivity contribution in [2.24, 2.45) is 5.73 Å². The van der Waals surface area contributed by atoms with E-state index in [9.17, 15) is 9.32 Å². The van der Waals surface area contributed by atoms with Crippen LogP contribution in [0.2, 0.25) is 0 Å². The van der Waals surface area contributed by atoms with Gasteiger partial charge in [-0.15, -0.1) is 0 Å². The average molecular weight is 137 g/mol. The molecule has 0 saturated heterocycles. The Bertz CT molecular complexity index is 87.9. The summed E-state index contributed by atoms with van der Waals surface area (Å²) in [4.78, 5) is 13.0. The van der Waals surface area contributed by atoms with Crippen LogP contribution in [0.4, 0.5) is 9.32 Å². The topological polar surface area (TPSA) is 61.6 Å². The van der Waals surface area contributed by atoms with Crippen molar-refractivity contribution in [1.82, 2.24) is 0 Å². The number of carbonyl (C=O) groups is 1. The minimum atomic E-state index is -0.853. The highest BCUT2D eigenvalue weighted by atomic mass is 19.3. The number of rotatable bonds is 4. The summed E-state index contributed by atoms with van der Waals surface area (Å²) in [6.07, 6.45) is -0.534. The van der Waals surface area contributed by atoms with Crippen molar-refractivity contribution in [2.75, 3.05) is 13.2 Å². The molecule has 0 unspecified atom stereocenters. The highest BCUT2D eigenvalue weighted by molar-refractivity contribution is 5.64. The quantitative estimate of drug-likeness (QED) is 0.569. The molecule has 5 heteroatoms. The Balaban J connectivity index is 2.83. The predicted molar refractivity (Wildman–Crippen MR) is 27.2 cm³/mol. The predicted octanol–water partition coefficient (Wildman–Crippen LogP) is 0.373. The van der Waals surface area contributed by atoms with Crippen molar-refractivity contribution < 1.29 is 19.0 Å². The van der Waals surface area contributed by atoms with E-state index in [1.807, 2.05) is 0 Å². The fourth-order valence-corrected chi connectivity index (χ4v) is 0.286. The van der Waals surface area contributed by atoms with Crippen molar-refractivity contribution >= 4 is 6.09 Å².